The van der Waals surface area contributed by atoms with Gasteiger partial charge in [0.25, 0.3) is 0 Å². The summed E-state index contributed by atoms with van der Waals surface area (Å²) in [5.74, 6) is 0.398. The second kappa shape index (κ2) is 6.10. The molecular formula is C14H23N3O3. The smallest absolute Gasteiger partial charge is 0.236 e. The van der Waals surface area contributed by atoms with E-state index in [0.717, 1.165) is 32.4 Å². The molecule has 0 aromatic rings. The van der Waals surface area contributed by atoms with Crippen molar-refractivity contribution in [3.63, 3.8) is 0 Å². The monoisotopic (exact) mass is 281 g/mol. The topological polar surface area (TPSA) is 61.9 Å². The number of amides is 2. The molecule has 0 radical (unpaired) electrons. The molecule has 20 heavy (non-hydrogen) atoms. The number of nitrogens with one attached hydrogen (secondary N) is 1. The summed E-state index contributed by atoms with van der Waals surface area (Å²) < 4.78 is 5.27. The molecule has 3 aliphatic heterocycles. The van der Waals surface area contributed by atoms with E-state index in [1.807, 2.05) is 4.90 Å². The van der Waals surface area contributed by atoms with Crippen molar-refractivity contribution in [2.24, 2.45) is 5.92 Å². The molecular weight excluding hydrogens is 258 g/mol. The van der Waals surface area contributed by atoms with Gasteiger partial charge in [0.1, 0.15) is 0 Å². The van der Waals surface area contributed by atoms with E-state index in [9.17, 15) is 9.59 Å². The molecule has 1 N–H and O–H groups in total. The van der Waals surface area contributed by atoms with E-state index in [-0.39, 0.29) is 23.8 Å². The number of ether oxygens (including phenoxy) is 1. The van der Waals surface area contributed by atoms with E-state index in [2.05, 4.69) is 10.2 Å². The van der Waals surface area contributed by atoms with E-state index in [4.69, 9.17) is 4.74 Å². The highest BCUT2D eigenvalue weighted by Crippen LogP contribution is 2.21. The summed E-state index contributed by atoms with van der Waals surface area (Å²) in [6.07, 6.45) is 3.09. The molecule has 0 aliphatic carbocycles. The third-order valence-corrected chi connectivity index (χ3v) is 4.50. The van der Waals surface area contributed by atoms with Crippen molar-refractivity contribution in [3.05, 3.63) is 0 Å². The molecule has 2 bridgehead atoms. The van der Waals surface area contributed by atoms with Gasteiger partial charge >= 0.3 is 0 Å². The number of carbonyl (C=O) groups excluding carboxylic acids is 2. The van der Waals surface area contributed by atoms with Crippen molar-refractivity contribution in [1.82, 2.24) is 15.1 Å². The first kappa shape index (κ1) is 13.8. The van der Waals surface area contributed by atoms with Gasteiger partial charge in [-0.05, 0) is 12.8 Å². The van der Waals surface area contributed by atoms with E-state index in [0.29, 0.717) is 32.8 Å². The van der Waals surface area contributed by atoms with E-state index < -0.39 is 0 Å². The van der Waals surface area contributed by atoms with E-state index in [1.54, 1.807) is 0 Å². The third-order valence-electron chi connectivity index (χ3n) is 4.50. The van der Waals surface area contributed by atoms with Crippen LogP contribution in [0.5, 0.6) is 0 Å². The fourth-order valence-electron chi connectivity index (χ4n) is 3.38. The van der Waals surface area contributed by atoms with Gasteiger partial charge in [-0.15, -0.1) is 0 Å². The van der Waals surface area contributed by atoms with Crippen LogP contribution in [0.1, 0.15) is 19.3 Å². The maximum absolute atomic E-state index is 12.3. The zero-order valence-corrected chi connectivity index (χ0v) is 11.8. The number of fused-ring (bicyclic) bond motifs is 3. The van der Waals surface area contributed by atoms with Gasteiger partial charge in [-0.2, -0.15) is 0 Å². The van der Waals surface area contributed by atoms with Gasteiger partial charge in [-0.1, -0.05) is 6.42 Å². The van der Waals surface area contributed by atoms with Crippen LogP contribution in [0.3, 0.4) is 0 Å². The molecule has 6 nitrogen and oxygen atoms in total. The normalized spacial score (nSPS) is 31.6. The van der Waals surface area contributed by atoms with Crippen LogP contribution < -0.4 is 5.32 Å². The minimum absolute atomic E-state index is 0.0555. The molecule has 0 aromatic heterocycles. The Morgan fingerprint density at radius 3 is 2.85 bits per heavy atom. The number of morpholine rings is 1. The molecule has 0 unspecified atom stereocenters. The van der Waals surface area contributed by atoms with Crippen LogP contribution in [0.2, 0.25) is 0 Å². The minimum Gasteiger partial charge on any atom is -0.378 e. The SMILES string of the molecule is O=C1N[C@H]2CCC[C@@H]1CN(CC(=O)N1CCOCC1)C2. The number of carbonyl (C=O) groups is 2. The lowest BCUT2D eigenvalue weighted by Crippen LogP contribution is -2.48. The van der Waals surface area contributed by atoms with Crippen LogP contribution in [-0.4, -0.2) is 73.6 Å². The lowest BCUT2D eigenvalue weighted by Gasteiger charge is -2.31. The first-order valence-electron chi connectivity index (χ1n) is 7.60. The number of nitrogens with zero attached hydrogens (tertiary/aromatic N) is 2. The fraction of sp³-hybridized carbons (Fsp3) is 0.857. The van der Waals surface area contributed by atoms with Crippen LogP contribution in [0.15, 0.2) is 0 Å². The van der Waals surface area contributed by atoms with Crippen molar-refractivity contribution in [2.75, 3.05) is 45.9 Å². The number of hydrogen-bond donors (Lipinski definition) is 1. The van der Waals surface area contributed by atoms with Crippen molar-refractivity contribution < 1.29 is 14.3 Å². The van der Waals surface area contributed by atoms with Gasteiger partial charge in [-0.3, -0.25) is 14.5 Å². The Kier molecular flexibility index (Phi) is 4.21. The molecule has 3 rings (SSSR count). The molecule has 3 heterocycles. The summed E-state index contributed by atoms with van der Waals surface area (Å²) in [4.78, 5) is 28.3. The predicted molar refractivity (Wildman–Crippen MR) is 73.1 cm³/mol. The second-order valence-electron chi connectivity index (χ2n) is 6.02. The van der Waals surface area contributed by atoms with Crippen LogP contribution in [0.25, 0.3) is 0 Å². The summed E-state index contributed by atoms with van der Waals surface area (Å²) in [5, 5.41) is 3.10. The Morgan fingerprint density at radius 2 is 2.05 bits per heavy atom. The minimum atomic E-state index is 0.0555. The van der Waals surface area contributed by atoms with Gasteiger partial charge in [0.2, 0.25) is 11.8 Å². The van der Waals surface area contributed by atoms with Crippen molar-refractivity contribution >= 4 is 11.8 Å². The third kappa shape index (κ3) is 3.12. The fourth-order valence-corrected chi connectivity index (χ4v) is 3.38. The first-order valence-corrected chi connectivity index (χ1v) is 7.60. The molecule has 3 saturated heterocycles. The Balaban J connectivity index is 1.59. The predicted octanol–water partition coefficient (Wildman–Crippen LogP) is -0.554. The largest absolute Gasteiger partial charge is 0.378 e. The lowest BCUT2D eigenvalue weighted by atomic mass is 9.99. The standard InChI is InChI=1S/C14H23N3O3/c18-13(17-4-6-20-7-5-17)10-16-8-11-2-1-3-12(9-16)15-14(11)19/h11-12H,1-10H2,(H,15,19)/t11-,12+/m1/s1. The highest BCUT2D eigenvalue weighted by molar-refractivity contribution is 5.81. The highest BCUT2D eigenvalue weighted by atomic mass is 16.5. The van der Waals surface area contributed by atoms with Crippen molar-refractivity contribution in [2.45, 2.75) is 25.3 Å². The zero-order valence-electron chi connectivity index (χ0n) is 11.8. The number of rotatable bonds is 2. The van der Waals surface area contributed by atoms with Crippen LogP contribution in [0, 0.1) is 5.92 Å². The zero-order chi connectivity index (χ0) is 13.9. The molecule has 3 fully saturated rings. The van der Waals surface area contributed by atoms with Crippen LogP contribution in [0.4, 0.5) is 0 Å². The van der Waals surface area contributed by atoms with Crippen LogP contribution in [-0.2, 0) is 14.3 Å². The summed E-state index contributed by atoms with van der Waals surface area (Å²) >= 11 is 0. The summed E-state index contributed by atoms with van der Waals surface area (Å²) in [5.41, 5.74) is 0. The molecule has 2 atom stereocenters. The van der Waals surface area contributed by atoms with E-state index >= 15 is 0 Å². The van der Waals surface area contributed by atoms with Crippen LogP contribution >= 0.6 is 0 Å². The highest BCUT2D eigenvalue weighted by Gasteiger charge is 2.33. The summed E-state index contributed by atoms with van der Waals surface area (Å²) in [7, 11) is 0. The molecule has 0 spiro atoms. The van der Waals surface area contributed by atoms with Gasteiger partial charge in [-0.25, -0.2) is 0 Å². The Hall–Kier alpha value is -1.14. The molecule has 6 heteroatoms. The molecule has 2 amide bonds. The summed E-state index contributed by atoms with van der Waals surface area (Å²) in [6, 6.07) is 0.215. The van der Waals surface area contributed by atoms with E-state index in [1.165, 1.54) is 0 Å². The first-order chi connectivity index (χ1) is 9.72. The molecule has 0 saturated carbocycles. The lowest BCUT2D eigenvalue weighted by molar-refractivity contribution is -0.137. The Bertz CT molecular complexity index is 382. The molecule has 112 valence electrons. The second-order valence-corrected chi connectivity index (χ2v) is 6.02. The quantitative estimate of drug-likeness (QED) is 0.737. The summed E-state index contributed by atoms with van der Waals surface area (Å²) in [6.45, 7) is 4.61. The number of hydrogen-bond acceptors (Lipinski definition) is 4. The van der Waals surface area contributed by atoms with Gasteiger partial charge in [0.15, 0.2) is 0 Å². The average Bonchev–Trinajstić information content (AvgIpc) is 2.68. The van der Waals surface area contributed by atoms with Gasteiger partial charge in [0, 0.05) is 32.2 Å². The maximum atomic E-state index is 12.3. The van der Waals surface area contributed by atoms with Crippen molar-refractivity contribution in [1.29, 1.82) is 0 Å². The molecule has 0 aromatic carbocycles. The number of likely N-dealkylation sites (tertiary alicyclic amines) is 1. The Labute approximate surface area is 119 Å². The molecule has 3 aliphatic rings. The van der Waals surface area contributed by atoms with Crippen molar-refractivity contribution in [3.8, 4) is 0 Å². The maximum Gasteiger partial charge on any atom is 0.236 e. The average molecular weight is 281 g/mol. The Morgan fingerprint density at radius 1 is 1.25 bits per heavy atom. The van der Waals surface area contributed by atoms with Gasteiger partial charge < -0.3 is 15.0 Å². The van der Waals surface area contributed by atoms with Gasteiger partial charge in [0.05, 0.1) is 25.7 Å².